The Morgan fingerprint density at radius 2 is 1.74 bits per heavy atom. The lowest BCUT2D eigenvalue weighted by atomic mass is 10.1. The Bertz CT molecular complexity index is 781. The van der Waals surface area contributed by atoms with Crippen molar-refractivity contribution in [3.63, 3.8) is 0 Å². The Morgan fingerprint density at radius 1 is 1.00 bits per heavy atom. The predicted octanol–water partition coefficient (Wildman–Crippen LogP) is 3.18. The molecule has 1 heterocycles. The average Bonchev–Trinajstić information content (AvgIpc) is 2.74. The molecule has 3 rings (SSSR count). The number of nitrogens with zero attached hydrogens (tertiary/aromatic N) is 2. The van der Waals surface area contributed by atoms with Gasteiger partial charge in [-0.25, -0.2) is 0 Å². The molecule has 2 aromatic carbocycles. The minimum atomic E-state index is -0.00905. The van der Waals surface area contributed by atoms with E-state index in [4.69, 9.17) is 9.47 Å². The second-order valence-corrected chi connectivity index (χ2v) is 6.47. The van der Waals surface area contributed by atoms with Crippen molar-refractivity contribution in [2.75, 3.05) is 46.9 Å². The largest absolute Gasteiger partial charge is 0.497 e. The van der Waals surface area contributed by atoms with E-state index in [2.05, 4.69) is 29.2 Å². The first kappa shape index (κ1) is 19.0. The van der Waals surface area contributed by atoms with Gasteiger partial charge in [0.05, 0.1) is 19.8 Å². The zero-order chi connectivity index (χ0) is 19.1. The van der Waals surface area contributed by atoms with Gasteiger partial charge in [-0.05, 0) is 23.8 Å². The summed E-state index contributed by atoms with van der Waals surface area (Å²) >= 11 is 0. The number of methoxy groups -OCH3 is 2. The average molecular weight is 366 g/mol. The summed E-state index contributed by atoms with van der Waals surface area (Å²) in [6.07, 6.45) is 4.32. The number of carbonyl (C=O) groups excluding carboxylic acids is 1. The van der Waals surface area contributed by atoms with Crippen LogP contribution in [0, 0.1) is 0 Å². The van der Waals surface area contributed by atoms with E-state index in [1.54, 1.807) is 32.4 Å². The van der Waals surface area contributed by atoms with Crippen molar-refractivity contribution in [3.8, 4) is 11.5 Å². The molecule has 5 nitrogen and oxygen atoms in total. The van der Waals surface area contributed by atoms with E-state index in [-0.39, 0.29) is 5.91 Å². The molecule has 27 heavy (non-hydrogen) atoms. The molecule has 1 aliphatic rings. The monoisotopic (exact) mass is 366 g/mol. The van der Waals surface area contributed by atoms with E-state index in [0.29, 0.717) is 30.2 Å². The summed E-state index contributed by atoms with van der Waals surface area (Å²) in [5, 5.41) is 0. The fourth-order valence-electron chi connectivity index (χ4n) is 3.19. The third-order valence-corrected chi connectivity index (χ3v) is 4.77. The Morgan fingerprint density at radius 3 is 2.41 bits per heavy atom. The number of ether oxygens (including phenoxy) is 2. The molecule has 1 fully saturated rings. The number of hydrogen-bond acceptors (Lipinski definition) is 4. The van der Waals surface area contributed by atoms with Crippen LogP contribution in [-0.2, 0) is 0 Å². The number of benzene rings is 2. The molecule has 0 aromatic heterocycles. The number of rotatable bonds is 6. The highest BCUT2D eigenvalue weighted by molar-refractivity contribution is 5.97. The molecule has 5 heteroatoms. The van der Waals surface area contributed by atoms with E-state index >= 15 is 0 Å². The zero-order valence-electron chi connectivity index (χ0n) is 15.9. The topological polar surface area (TPSA) is 42.0 Å². The van der Waals surface area contributed by atoms with E-state index in [1.807, 2.05) is 23.1 Å². The first-order valence-corrected chi connectivity index (χ1v) is 9.16. The molecule has 0 aliphatic carbocycles. The maximum Gasteiger partial charge on any atom is 0.257 e. The van der Waals surface area contributed by atoms with Crippen LogP contribution in [0.15, 0.2) is 54.6 Å². The summed E-state index contributed by atoms with van der Waals surface area (Å²) in [7, 11) is 3.17. The number of hydrogen-bond donors (Lipinski definition) is 0. The Balaban J connectivity index is 1.56. The van der Waals surface area contributed by atoms with Crippen LogP contribution < -0.4 is 9.47 Å². The van der Waals surface area contributed by atoms with Gasteiger partial charge in [-0.2, -0.15) is 0 Å². The van der Waals surface area contributed by atoms with Gasteiger partial charge in [0, 0.05) is 32.7 Å². The van der Waals surface area contributed by atoms with Crippen LogP contribution in [0.25, 0.3) is 6.08 Å². The first-order valence-electron chi connectivity index (χ1n) is 9.16. The van der Waals surface area contributed by atoms with Gasteiger partial charge in [0.2, 0.25) is 0 Å². The van der Waals surface area contributed by atoms with Crippen LogP contribution in [0.2, 0.25) is 0 Å². The van der Waals surface area contributed by atoms with Crippen molar-refractivity contribution in [2.45, 2.75) is 0 Å². The minimum Gasteiger partial charge on any atom is -0.497 e. The molecule has 0 unspecified atom stereocenters. The summed E-state index contributed by atoms with van der Waals surface area (Å²) < 4.78 is 10.6. The van der Waals surface area contributed by atoms with Crippen LogP contribution in [0.5, 0.6) is 11.5 Å². The highest BCUT2D eigenvalue weighted by atomic mass is 16.5. The molecule has 0 radical (unpaired) electrons. The lowest BCUT2D eigenvalue weighted by molar-refractivity contribution is 0.0646. The van der Waals surface area contributed by atoms with Crippen molar-refractivity contribution >= 4 is 12.0 Å². The second kappa shape index (κ2) is 9.24. The lowest BCUT2D eigenvalue weighted by Crippen LogP contribution is -2.48. The Labute approximate surface area is 160 Å². The fraction of sp³-hybridized carbons (Fsp3) is 0.318. The van der Waals surface area contributed by atoms with Gasteiger partial charge in [-0.3, -0.25) is 9.69 Å². The third kappa shape index (κ3) is 4.89. The molecule has 0 atom stereocenters. The molecule has 142 valence electrons. The lowest BCUT2D eigenvalue weighted by Gasteiger charge is -2.34. The Kier molecular flexibility index (Phi) is 6.49. The zero-order valence-corrected chi connectivity index (χ0v) is 15.9. The van der Waals surface area contributed by atoms with Crippen LogP contribution >= 0.6 is 0 Å². The summed E-state index contributed by atoms with van der Waals surface area (Å²) in [6.45, 7) is 4.02. The maximum absolute atomic E-state index is 12.9. The van der Waals surface area contributed by atoms with E-state index in [1.165, 1.54) is 5.56 Å². The normalized spacial score (nSPS) is 15.1. The highest BCUT2D eigenvalue weighted by Crippen LogP contribution is 2.25. The Hall–Kier alpha value is -2.79. The maximum atomic E-state index is 12.9. The van der Waals surface area contributed by atoms with E-state index in [9.17, 15) is 4.79 Å². The smallest absolute Gasteiger partial charge is 0.257 e. The molecule has 1 saturated heterocycles. The van der Waals surface area contributed by atoms with Crippen LogP contribution in [-0.4, -0.2) is 62.7 Å². The molecule has 0 spiro atoms. The van der Waals surface area contributed by atoms with Gasteiger partial charge >= 0.3 is 0 Å². The summed E-state index contributed by atoms with van der Waals surface area (Å²) in [6, 6.07) is 15.6. The highest BCUT2D eigenvalue weighted by Gasteiger charge is 2.24. The summed E-state index contributed by atoms with van der Waals surface area (Å²) in [5.74, 6) is 1.23. The third-order valence-electron chi connectivity index (χ3n) is 4.77. The van der Waals surface area contributed by atoms with Crippen molar-refractivity contribution in [1.82, 2.24) is 9.80 Å². The van der Waals surface area contributed by atoms with Crippen LogP contribution in [0.3, 0.4) is 0 Å². The number of carbonyl (C=O) groups is 1. The van der Waals surface area contributed by atoms with Gasteiger partial charge < -0.3 is 14.4 Å². The first-order chi connectivity index (χ1) is 13.2. The van der Waals surface area contributed by atoms with Crippen molar-refractivity contribution in [1.29, 1.82) is 0 Å². The second-order valence-electron chi connectivity index (χ2n) is 6.47. The molecule has 2 aromatic rings. The van der Waals surface area contributed by atoms with Crippen molar-refractivity contribution in [3.05, 3.63) is 65.7 Å². The summed E-state index contributed by atoms with van der Waals surface area (Å²) in [5.41, 5.74) is 1.76. The minimum absolute atomic E-state index is 0.00905. The molecule has 0 saturated carbocycles. The van der Waals surface area contributed by atoms with Crippen molar-refractivity contribution in [2.24, 2.45) is 0 Å². The molecular formula is C22H26N2O3. The fourth-order valence-corrected chi connectivity index (χ4v) is 3.19. The van der Waals surface area contributed by atoms with Gasteiger partial charge in [-0.1, -0.05) is 42.5 Å². The van der Waals surface area contributed by atoms with E-state index < -0.39 is 0 Å². The number of piperazine rings is 1. The van der Waals surface area contributed by atoms with E-state index in [0.717, 1.165) is 19.6 Å². The molecule has 1 aliphatic heterocycles. The van der Waals surface area contributed by atoms with Crippen LogP contribution in [0.4, 0.5) is 0 Å². The van der Waals surface area contributed by atoms with Gasteiger partial charge in [0.15, 0.2) is 0 Å². The quantitative estimate of drug-likeness (QED) is 0.788. The standard InChI is InChI=1S/C22H26N2O3/c1-26-19-10-11-21(27-2)20(17-19)22(25)24-15-13-23(14-16-24)12-6-9-18-7-4-3-5-8-18/h3-11,17H,12-16H2,1-2H3/b9-6+. The van der Waals surface area contributed by atoms with Crippen molar-refractivity contribution < 1.29 is 14.3 Å². The molecule has 0 bridgehead atoms. The molecule has 1 amide bonds. The van der Waals surface area contributed by atoms with Crippen LogP contribution in [0.1, 0.15) is 15.9 Å². The predicted molar refractivity (Wildman–Crippen MR) is 107 cm³/mol. The van der Waals surface area contributed by atoms with Gasteiger partial charge in [-0.15, -0.1) is 0 Å². The van der Waals surface area contributed by atoms with Gasteiger partial charge in [0.1, 0.15) is 11.5 Å². The molecule has 0 N–H and O–H groups in total. The summed E-state index contributed by atoms with van der Waals surface area (Å²) in [4.78, 5) is 17.1. The molecular weight excluding hydrogens is 340 g/mol. The van der Waals surface area contributed by atoms with Gasteiger partial charge in [0.25, 0.3) is 5.91 Å². The SMILES string of the molecule is COc1ccc(OC)c(C(=O)N2CCN(C/C=C/c3ccccc3)CC2)c1. The number of amides is 1.